The van der Waals surface area contributed by atoms with Crippen LogP contribution in [0.4, 0.5) is 0 Å². The molecule has 0 spiro atoms. The number of amides is 6. The molecule has 0 rings (SSSR count). The normalized spacial score (nSPS) is 12.2. The molecular weight excluding hydrogens is 913 g/mol. The van der Waals surface area contributed by atoms with Gasteiger partial charge in [-0.1, -0.05) is 77.0 Å². The predicted molar refractivity (Wildman–Crippen MR) is 246 cm³/mol. The third-order valence-electron chi connectivity index (χ3n) is 10.3. The molecule has 0 unspecified atom stereocenters. The molecule has 3 atom stereocenters. The molecule has 0 saturated heterocycles. The number of carboxylic acids is 4. The minimum Gasteiger partial charge on any atom is -0.481 e. The number of carboxylic acid groups (broad SMARTS) is 4. The lowest BCUT2D eigenvalue weighted by Gasteiger charge is -2.17. The number of aliphatic carboxylic acids is 4. The highest BCUT2D eigenvalue weighted by molar-refractivity contribution is 5.87. The summed E-state index contributed by atoms with van der Waals surface area (Å²) in [5.74, 6) is -8.33. The van der Waals surface area contributed by atoms with Gasteiger partial charge in [0.25, 0.3) is 0 Å². The van der Waals surface area contributed by atoms with E-state index in [-0.39, 0.29) is 111 Å². The first kappa shape index (κ1) is 63.5. The van der Waals surface area contributed by atoms with Gasteiger partial charge in [-0.3, -0.25) is 33.6 Å². The van der Waals surface area contributed by atoms with Crippen LogP contribution in [0.25, 0.3) is 0 Å². The molecule has 0 radical (unpaired) electrons. The van der Waals surface area contributed by atoms with Crippen molar-refractivity contribution in [1.29, 1.82) is 0 Å². The first-order valence-electron chi connectivity index (χ1n) is 23.9. The first-order chi connectivity index (χ1) is 33.0. The van der Waals surface area contributed by atoms with Gasteiger partial charge in [0.2, 0.25) is 35.4 Å². The smallest absolute Gasteiger partial charge is 0.326 e. The summed E-state index contributed by atoms with van der Waals surface area (Å²) in [6.45, 7) is -0.0526. The Bertz CT molecular complexity index is 1540. The fourth-order valence-electron chi connectivity index (χ4n) is 6.53. The largest absolute Gasteiger partial charge is 0.481 e. The van der Waals surface area contributed by atoms with Gasteiger partial charge >= 0.3 is 23.9 Å². The third kappa shape index (κ3) is 41.3. The Morgan fingerprint density at radius 3 is 1.06 bits per heavy atom. The molecule has 0 aliphatic heterocycles. The number of carbonyl (C=O) groups is 10. The van der Waals surface area contributed by atoms with Gasteiger partial charge < -0.3 is 71.7 Å². The summed E-state index contributed by atoms with van der Waals surface area (Å²) in [5, 5.41) is 49.3. The lowest BCUT2D eigenvalue weighted by molar-refractivity contribution is -0.143. The zero-order valence-corrected chi connectivity index (χ0v) is 39.9. The predicted octanol–water partition coefficient (Wildman–Crippen LogP) is 1.15. The zero-order chi connectivity index (χ0) is 51.5. The van der Waals surface area contributed by atoms with Crippen molar-refractivity contribution >= 4 is 59.3 Å². The fourth-order valence-corrected chi connectivity index (χ4v) is 6.53. The Morgan fingerprint density at radius 2 is 0.681 bits per heavy atom. The van der Waals surface area contributed by atoms with Crippen molar-refractivity contribution in [3.8, 4) is 0 Å². The Hall–Kier alpha value is -5.46. The van der Waals surface area contributed by atoms with Gasteiger partial charge in [0, 0.05) is 45.2 Å². The molecule has 6 amide bonds. The Morgan fingerprint density at radius 1 is 0.362 bits per heavy atom. The number of carbonyl (C=O) groups excluding carboxylic acids is 6. The Balaban J connectivity index is 4.13. The second kappa shape index (κ2) is 42.6. The molecule has 0 aromatic heterocycles. The van der Waals surface area contributed by atoms with E-state index in [0.29, 0.717) is 6.42 Å². The molecule has 69 heavy (non-hydrogen) atoms. The summed E-state index contributed by atoms with van der Waals surface area (Å²) in [7, 11) is 0. The van der Waals surface area contributed by atoms with Crippen LogP contribution >= 0.6 is 0 Å². The van der Waals surface area contributed by atoms with Crippen molar-refractivity contribution in [2.45, 2.75) is 159 Å². The molecule has 0 aliphatic carbocycles. The molecule has 0 aromatic carbocycles. The van der Waals surface area contributed by atoms with E-state index in [1.165, 1.54) is 25.7 Å². The van der Waals surface area contributed by atoms with Crippen molar-refractivity contribution in [3.05, 3.63) is 0 Å². The second-order valence-corrected chi connectivity index (χ2v) is 16.3. The molecule has 0 fully saturated rings. The Kier molecular flexibility index (Phi) is 39.3. The number of rotatable bonds is 48. The zero-order valence-electron chi connectivity index (χ0n) is 39.9. The van der Waals surface area contributed by atoms with Gasteiger partial charge in [-0.25, -0.2) is 14.4 Å². The van der Waals surface area contributed by atoms with Crippen molar-refractivity contribution in [2.75, 3.05) is 65.9 Å². The van der Waals surface area contributed by atoms with Gasteiger partial charge in [-0.15, -0.1) is 0 Å². The van der Waals surface area contributed by atoms with Gasteiger partial charge in [0.1, 0.15) is 31.3 Å². The summed E-state index contributed by atoms with van der Waals surface area (Å²) in [6, 6.07) is -4.11. The standard InChI is InChI=1S/C45H78N6O18/c46-36(52)31-68-29-27-66-25-23-48-38(54)21-18-35(45(64)65)51-41(57)32-69-30-28-67-26-24-47-37(53)20-17-33(43(60)61)50-40(56)22-19-34(44(62)63)49-39(55)15-13-11-9-7-5-3-1-2-4-6-8-10-12-14-16-42(58)59/h33-35H,1-32H2,(H2,46,52)(H,47,53)(H,48,54)(H,49,55)(H,50,56)(H,51,57)(H,58,59)(H,60,61)(H,62,63)(H,64,65)/t33-,34-,35-/m0/s1. The molecule has 24 heteroatoms. The van der Waals surface area contributed by atoms with Crippen LogP contribution < -0.4 is 32.3 Å². The number of nitrogens with one attached hydrogen (secondary N) is 5. The maximum Gasteiger partial charge on any atom is 0.326 e. The van der Waals surface area contributed by atoms with Crippen molar-refractivity contribution in [2.24, 2.45) is 5.73 Å². The molecule has 0 saturated carbocycles. The first-order valence-corrected chi connectivity index (χ1v) is 23.9. The van der Waals surface area contributed by atoms with E-state index in [4.69, 9.17) is 29.8 Å². The van der Waals surface area contributed by atoms with E-state index in [2.05, 4.69) is 26.6 Å². The molecule has 0 heterocycles. The van der Waals surface area contributed by atoms with Crippen molar-refractivity contribution < 1.29 is 87.3 Å². The molecule has 0 bridgehead atoms. The number of hydrogen-bond acceptors (Lipinski definition) is 14. The van der Waals surface area contributed by atoms with Gasteiger partial charge in [0.15, 0.2) is 0 Å². The van der Waals surface area contributed by atoms with E-state index in [1.54, 1.807) is 0 Å². The molecule has 396 valence electrons. The van der Waals surface area contributed by atoms with Crippen molar-refractivity contribution in [1.82, 2.24) is 26.6 Å². The number of primary amides is 1. The molecule has 24 nitrogen and oxygen atoms in total. The van der Waals surface area contributed by atoms with Crippen LogP contribution in [0.2, 0.25) is 0 Å². The minimum atomic E-state index is -1.43. The van der Waals surface area contributed by atoms with Gasteiger partial charge in [-0.2, -0.15) is 0 Å². The topological polar surface area (TPSA) is 375 Å². The summed E-state index contributed by atoms with van der Waals surface area (Å²) in [6.07, 6.45) is 13.2. The van der Waals surface area contributed by atoms with Crippen LogP contribution in [0.15, 0.2) is 0 Å². The van der Waals surface area contributed by atoms with Crippen molar-refractivity contribution in [3.63, 3.8) is 0 Å². The highest BCUT2D eigenvalue weighted by atomic mass is 16.5. The third-order valence-corrected chi connectivity index (χ3v) is 10.3. The lowest BCUT2D eigenvalue weighted by atomic mass is 10.0. The van der Waals surface area contributed by atoms with Crippen LogP contribution in [-0.2, 0) is 66.9 Å². The van der Waals surface area contributed by atoms with E-state index in [0.717, 1.165) is 57.8 Å². The van der Waals surface area contributed by atoms with E-state index >= 15 is 0 Å². The summed E-state index contributed by atoms with van der Waals surface area (Å²) >= 11 is 0. The van der Waals surface area contributed by atoms with Crippen LogP contribution in [0.1, 0.15) is 141 Å². The maximum atomic E-state index is 12.5. The van der Waals surface area contributed by atoms with Crippen LogP contribution in [0.3, 0.4) is 0 Å². The van der Waals surface area contributed by atoms with E-state index in [1.807, 2.05) is 0 Å². The lowest BCUT2D eigenvalue weighted by Crippen LogP contribution is -2.44. The quantitative estimate of drug-likeness (QED) is 0.0382. The molecule has 0 aliphatic rings. The average Bonchev–Trinajstić information content (AvgIpc) is 3.28. The monoisotopic (exact) mass is 991 g/mol. The molecule has 0 aromatic rings. The average molecular weight is 991 g/mol. The molecule has 11 N–H and O–H groups in total. The number of hydrogen-bond donors (Lipinski definition) is 10. The van der Waals surface area contributed by atoms with Crippen LogP contribution in [-0.4, -0.2) is 164 Å². The maximum absolute atomic E-state index is 12.5. The van der Waals surface area contributed by atoms with E-state index < -0.39 is 84.1 Å². The number of ether oxygens (including phenoxy) is 4. The Labute approximate surface area is 403 Å². The SMILES string of the molecule is NC(=O)COCCOCCNC(=O)CC[C@H](NC(=O)COCCOCCNC(=O)CC[C@H](NC(=O)CC[C@H](NC(=O)CCCCCCCCCCCCCCCCC(=O)O)C(=O)O)C(=O)O)C(=O)O. The number of unbranched alkanes of at least 4 members (excludes halogenated alkanes) is 13. The minimum absolute atomic E-state index is 0.0143. The fraction of sp³-hybridized carbons (Fsp3) is 0.778. The highest BCUT2D eigenvalue weighted by Crippen LogP contribution is 2.14. The van der Waals surface area contributed by atoms with Gasteiger partial charge in [0.05, 0.1) is 39.6 Å². The van der Waals surface area contributed by atoms with Crippen LogP contribution in [0.5, 0.6) is 0 Å². The number of nitrogens with two attached hydrogens (primary N) is 1. The summed E-state index contributed by atoms with van der Waals surface area (Å²) in [5.41, 5.74) is 4.94. The second-order valence-electron chi connectivity index (χ2n) is 16.3. The summed E-state index contributed by atoms with van der Waals surface area (Å²) < 4.78 is 20.6. The highest BCUT2D eigenvalue weighted by Gasteiger charge is 2.25. The van der Waals surface area contributed by atoms with E-state index in [9.17, 15) is 63.3 Å². The summed E-state index contributed by atoms with van der Waals surface area (Å²) in [4.78, 5) is 118. The molecular formula is C45H78N6O18. The van der Waals surface area contributed by atoms with Gasteiger partial charge in [-0.05, 0) is 32.1 Å². The van der Waals surface area contributed by atoms with Crippen LogP contribution in [0, 0.1) is 0 Å².